The molecule has 0 heterocycles. The third-order valence-electron chi connectivity index (χ3n) is 4.04. The van der Waals surface area contributed by atoms with Crippen LogP contribution in [-0.2, 0) is 16.0 Å². The molecule has 1 atom stereocenters. The Morgan fingerprint density at radius 3 is 2.52 bits per heavy atom. The molecule has 0 radical (unpaired) electrons. The van der Waals surface area contributed by atoms with Gasteiger partial charge in [-0.1, -0.05) is 31.1 Å². The third-order valence-corrected chi connectivity index (χ3v) is 4.04. The van der Waals surface area contributed by atoms with Crippen molar-refractivity contribution in [2.75, 3.05) is 6.61 Å². The van der Waals surface area contributed by atoms with Crippen molar-refractivity contribution in [3.63, 3.8) is 0 Å². The van der Waals surface area contributed by atoms with Crippen LogP contribution in [0.2, 0.25) is 0 Å². The van der Waals surface area contributed by atoms with E-state index in [4.69, 9.17) is 15.2 Å². The Labute approximate surface area is 152 Å². The minimum atomic E-state index is -1.00. The predicted molar refractivity (Wildman–Crippen MR) is 103 cm³/mol. The maximum atomic E-state index is 11.9. The molecule has 2 N–H and O–H groups in total. The van der Waals surface area contributed by atoms with E-state index in [9.17, 15) is 4.79 Å². The minimum Gasteiger partial charge on any atom is -0.476 e. The fourth-order valence-electron chi connectivity index (χ4n) is 2.61. The lowest BCUT2D eigenvalue weighted by atomic mass is 10.0. The fraction of sp³-hybridized carbons (Fsp3) is 0.571. The average Bonchev–Trinajstić information content (AvgIpc) is 2.56. The summed E-state index contributed by atoms with van der Waals surface area (Å²) in [6, 6.07) is 7.95. The average molecular weight is 347 g/mol. The van der Waals surface area contributed by atoms with Crippen molar-refractivity contribution < 1.29 is 14.3 Å². The molecule has 1 unspecified atom stereocenters. The largest absolute Gasteiger partial charge is 0.476 e. The molecule has 4 nitrogen and oxygen atoms in total. The zero-order valence-electron chi connectivity index (χ0n) is 15.9. The number of hydrogen-bond donors (Lipinski definition) is 1. The van der Waals surface area contributed by atoms with Crippen LogP contribution in [-0.4, -0.2) is 24.2 Å². The molecule has 0 aliphatic heterocycles. The lowest BCUT2D eigenvalue weighted by Gasteiger charge is -2.24. The van der Waals surface area contributed by atoms with Crippen molar-refractivity contribution in [1.29, 1.82) is 0 Å². The zero-order chi connectivity index (χ0) is 18.7. The van der Waals surface area contributed by atoms with Crippen LogP contribution in [0, 0.1) is 0 Å². The van der Waals surface area contributed by atoms with E-state index >= 15 is 0 Å². The molecule has 0 amide bonds. The van der Waals surface area contributed by atoms with Gasteiger partial charge < -0.3 is 15.2 Å². The summed E-state index contributed by atoms with van der Waals surface area (Å²) < 4.78 is 10.8. The summed E-state index contributed by atoms with van der Waals surface area (Å²) in [5, 5.41) is 0. The summed E-state index contributed by atoms with van der Waals surface area (Å²) in [4.78, 5) is 11.9. The highest BCUT2D eigenvalue weighted by molar-refractivity contribution is 5.79. The maximum Gasteiger partial charge on any atom is 0.349 e. The van der Waals surface area contributed by atoms with E-state index < -0.39 is 5.60 Å². The molecule has 4 heteroatoms. The summed E-state index contributed by atoms with van der Waals surface area (Å²) in [5.74, 6) is 0.289. The fourth-order valence-corrected chi connectivity index (χ4v) is 2.61. The summed E-state index contributed by atoms with van der Waals surface area (Å²) in [5.41, 5.74) is 6.40. The first-order valence-electron chi connectivity index (χ1n) is 9.20. The molecule has 0 aromatic heterocycles. The monoisotopic (exact) mass is 347 g/mol. The third kappa shape index (κ3) is 8.21. The zero-order valence-corrected chi connectivity index (χ0v) is 15.9. The first-order valence-corrected chi connectivity index (χ1v) is 9.20. The van der Waals surface area contributed by atoms with Gasteiger partial charge in [0.05, 0.1) is 6.61 Å². The smallest absolute Gasteiger partial charge is 0.349 e. The number of ether oxygens (including phenoxy) is 2. The number of esters is 1. The Morgan fingerprint density at radius 1 is 1.24 bits per heavy atom. The standard InChI is InChI=1S/C21H33NO3/c1-5-7-8-9-10-11-18(22)16-17-12-14-19(15-13-17)25-21(3,4)20(23)24-6-2/h5,12-15,18H,1,6-11,16,22H2,2-4H3. The number of carbonyl (C=O) groups excluding carboxylic acids is 1. The van der Waals surface area contributed by atoms with Crippen molar-refractivity contribution in [1.82, 2.24) is 0 Å². The van der Waals surface area contributed by atoms with Gasteiger partial charge in [0.2, 0.25) is 0 Å². The van der Waals surface area contributed by atoms with Crippen LogP contribution in [0.3, 0.4) is 0 Å². The summed E-state index contributed by atoms with van der Waals surface area (Å²) in [6.45, 7) is 9.28. The van der Waals surface area contributed by atoms with Gasteiger partial charge in [-0.15, -0.1) is 6.58 Å². The molecule has 1 aromatic rings. The molecule has 1 rings (SSSR count). The van der Waals surface area contributed by atoms with E-state index in [0.717, 1.165) is 25.7 Å². The molecule has 25 heavy (non-hydrogen) atoms. The van der Waals surface area contributed by atoms with Crippen molar-refractivity contribution in [3.05, 3.63) is 42.5 Å². The SMILES string of the molecule is C=CCCCCCC(N)Cc1ccc(OC(C)(C)C(=O)OCC)cc1. The summed E-state index contributed by atoms with van der Waals surface area (Å²) >= 11 is 0. The van der Waals surface area contributed by atoms with Crippen molar-refractivity contribution in [3.8, 4) is 5.75 Å². The van der Waals surface area contributed by atoms with Crippen LogP contribution in [0.5, 0.6) is 5.75 Å². The van der Waals surface area contributed by atoms with E-state index in [2.05, 4.69) is 6.58 Å². The van der Waals surface area contributed by atoms with E-state index in [1.807, 2.05) is 30.3 Å². The lowest BCUT2D eigenvalue weighted by molar-refractivity contribution is -0.158. The number of carbonyl (C=O) groups is 1. The van der Waals surface area contributed by atoms with Gasteiger partial charge in [0.25, 0.3) is 0 Å². The summed E-state index contributed by atoms with van der Waals surface area (Å²) in [7, 11) is 0. The number of benzene rings is 1. The molecule has 1 aromatic carbocycles. The van der Waals surface area contributed by atoms with Crippen molar-refractivity contribution in [2.24, 2.45) is 5.73 Å². The van der Waals surface area contributed by atoms with Gasteiger partial charge in [-0.3, -0.25) is 0 Å². The second-order valence-electron chi connectivity index (χ2n) is 6.87. The topological polar surface area (TPSA) is 61.5 Å². The second kappa shape index (κ2) is 10.9. The van der Waals surface area contributed by atoms with Gasteiger partial charge in [0.1, 0.15) is 5.75 Å². The van der Waals surface area contributed by atoms with Gasteiger partial charge >= 0.3 is 5.97 Å². The Hall–Kier alpha value is -1.81. The van der Waals surface area contributed by atoms with Crippen LogP contribution in [0.15, 0.2) is 36.9 Å². The van der Waals surface area contributed by atoms with Crippen LogP contribution in [0.25, 0.3) is 0 Å². The molecule has 0 spiro atoms. The van der Waals surface area contributed by atoms with Crippen LogP contribution in [0.1, 0.15) is 58.4 Å². The number of rotatable bonds is 12. The number of nitrogens with two attached hydrogens (primary N) is 1. The van der Waals surface area contributed by atoms with Crippen LogP contribution in [0.4, 0.5) is 0 Å². The van der Waals surface area contributed by atoms with E-state index in [1.165, 1.54) is 18.4 Å². The lowest BCUT2D eigenvalue weighted by Crippen LogP contribution is -2.39. The van der Waals surface area contributed by atoms with Gasteiger partial charge in [-0.2, -0.15) is 0 Å². The molecule has 140 valence electrons. The molecule has 0 aliphatic rings. The van der Waals surface area contributed by atoms with E-state index in [0.29, 0.717) is 12.4 Å². The Morgan fingerprint density at radius 2 is 1.92 bits per heavy atom. The second-order valence-corrected chi connectivity index (χ2v) is 6.87. The molecular weight excluding hydrogens is 314 g/mol. The Balaban J connectivity index is 2.45. The first-order chi connectivity index (χ1) is 11.9. The predicted octanol–water partition coefficient (Wildman–Crippen LogP) is 4.41. The normalized spacial score (nSPS) is 12.5. The summed E-state index contributed by atoms with van der Waals surface area (Å²) in [6.07, 6.45) is 8.48. The number of unbranched alkanes of at least 4 members (excludes halogenated alkanes) is 3. The minimum absolute atomic E-state index is 0.173. The highest BCUT2D eigenvalue weighted by Crippen LogP contribution is 2.21. The quantitative estimate of drug-likeness (QED) is 0.345. The van der Waals surface area contributed by atoms with Crippen molar-refractivity contribution >= 4 is 5.97 Å². The molecule has 0 saturated heterocycles. The Bertz CT molecular complexity index is 522. The van der Waals surface area contributed by atoms with Gasteiger partial charge in [-0.25, -0.2) is 4.79 Å². The highest BCUT2D eigenvalue weighted by atomic mass is 16.6. The molecule has 0 fully saturated rings. The maximum absolute atomic E-state index is 11.9. The van der Waals surface area contributed by atoms with E-state index in [1.54, 1.807) is 20.8 Å². The molecule has 0 aliphatic carbocycles. The Kier molecular flexibility index (Phi) is 9.28. The molecule has 0 saturated carbocycles. The number of hydrogen-bond acceptors (Lipinski definition) is 4. The van der Waals surface area contributed by atoms with Gasteiger partial charge in [-0.05, 0) is 64.2 Å². The first kappa shape index (κ1) is 21.2. The highest BCUT2D eigenvalue weighted by Gasteiger charge is 2.31. The van der Waals surface area contributed by atoms with Crippen LogP contribution >= 0.6 is 0 Å². The molecular formula is C21H33NO3. The van der Waals surface area contributed by atoms with Gasteiger partial charge in [0, 0.05) is 6.04 Å². The van der Waals surface area contributed by atoms with Crippen molar-refractivity contribution in [2.45, 2.75) is 70.9 Å². The van der Waals surface area contributed by atoms with Crippen LogP contribution < -0.4 is 10.5 Å². The van der Waals surface area contributed by atoms with Gasteiger partial charge in [0.15, 0.2) is 5.60 Å². The van der Waals surface area contributed by atoms with E-state index in [-0.39, 0.29) is 12.0 Å². The number of allylic oxidation sites excluding steroid dienone is 1. The molecule has 0 bridgehead atoms.